The number of furan rings is 1. The van der Waals surface area contributed by atoms with E-state index in [1.54, 1.807) is 10.9 Å². The molecule has 5 rings (SSSR count). The monoisotopic (exact) mass is 402 g/mol. The number of hydrogen-bond donors (Lipinski definition) is 1. The molecule has 5 aromatic rings. The number of aryl methyl sites for hydroxylation is 1. The van der Waals surface area contributed by atoms with Crippen molar-refractivity contribution in [1.82, 2.24) is 19.7 Å². The van der Waals surface area contributed by atoms with Crippen molar-refractivity contribution >= 4 is 45.7 Å². The molecule has 142 valence electrons. The summed E-state index contributed by atoms with van der Waals surface area (Å²) in [6.07, 6.45) is 3.11. The van der Waals surface area contributed by atoms with E-state index in [0.29, 0.717) is 16.6 Å². The summed E-state index contributed by atoms with van der Waals surface area (Å²) in [6, 6.07) is 17.4. The van der Waals surface area contributed by atoms with Crippen molar-refractivity contribution in [3.05, 3.63) is 77.3 Å². The Morgan fingerprint density at radius 3 is 2.72 bits per heavy atom. The van der Waals surface area contributed by atoms with Crippen LogP contribution >= 0.6 is 11.6 Å². The Hall–Kier alpha value is -3.71. The molecule has 0 spiro atoms. The van der Waals surface area contributed by atoms with Gasteiger partial charge in [-0.3, -0.25) is 5.43 Å². The Morgan fingerprint density at radius 1 is 1.07 bits per heavy atom. The SMILES string of the molecule is Cc1nn(-c2ccccc2)c(Cl)c1/C=N\Nc1ncnc2c1oc1ccccc12. The van der Waals surface area contributed by atoms with E-state index < -0.39 is 0 Å². The molecule has 7 nitrogen and oxygen atoms in total. The minimum Gasteiger partial charge on any atom is -0.450 e. The van der Waals surface area contributed by atoms with Gasteiger partial charge in [-0.1, -0.05) is 41.9 Å². The second kappa shape index (κ2) is 7.03. The van der Waals surface area contributed by atoms with Crippen LogP contribution in [-0.4, -0.2) is 26.0 Å². The number of halogens is 1. The van der Waals surface area contributed by atoms with Crippen LogP contribution in [0.5, 0.6) is 0 Å². The first-order valence-electron chi connectivity index (χ1n) is 8.94. The molecule has 0 fully saturated rings. The molecule has 0 saturated heterocycles. The number of nitrogens with zero attached hydrogens (tertiary/aromatic N) is 5. The molecule has 8 heteroatoms. The molecule has 3 aromatic heterocycles. The molecule has 29 heavy (non-hydrogen) atoms. The first-order valence-corrected chi connectivity index (χ1v) is 9.32. The maximum Gasteiger partial charge on any atom is 0.197 e. The minimum atomic E-state index is 0.478. The lowest BCUT2D eigenvalue weighted by atomic mass is 10.2. The number of aromatic nitrogens is 4. The molecular weight excluding hydrogens is 388 g/mol. The fourth-order valence-electron chi connectivity index (χ4n) is 3.16. The summed E-state index contributed by atoms with van der Waals surface area (Å²) in [5.74, 6) is 0.478. The van der Waals surface area contributed by atoms with Gasteiger partial charge in [0, 0.05) is 5.39 Å². The third-order valence-corrected chi connectivity index (χ3v) is 4.93. The predicted octanol–water partition coefficient (Wildman–Crippen LogP) is 4.97. The third-order valence-electron chi connectivity index (χ3n) is 4.57. The van der Waals surface area contributed by atoms with Crippen molar-refractivity contribution in [1.29, 1.82) is 0 Å². The Balaban J connectivity index is 1.47. The molecule has 0 saturated carbocycles. The molecule has 0 amide bonds. The van der Waals surface area contributed by atoms with Crippen LogP contribution in [0.15, 0.2) is 70.4 Å². The lowest BCUT2D eigenvalue weighted by Gasteiger charge is -2.02. The van der Waals surface area contributed by atoms with Gasteiger partial charge in [-0.15, -0.1) is 0 Å². The Morgan fingerprint density at radius 2 is 1.86 bits per heavy atom. The number of hydrogen-bond acceptors (Lipinski definition) is 6. The highest BCUT2D eigenvalue weighted by atomic mass is 35.5. The van der Waals surface area contributed by atoms with Gasteiger partial charge in [0.25, 0.3) is 0 Å². The number of rotatable bonds is 4. The normalized spacial score (nSPS) is 11.7. The van der Waals surface area contributed by atoms with Gasteiger partial charge >= 0.3 is 0 Å². The van der Waals surface area contributed by atoms with Crippen molar-refractivity contribution < 1.29 is 4.42 Å². The molecule has 1 N–H and O–H groups in total. The maximum absolute atomic E-state index is 6.53. The minimum absolute atomic E-state index is 0.478. The van der Waals surface area contributed by atoms with Gasteiger partial charge in [0.05, 0.1) is 23.2 Å². The highest BCUT2D eigenvalue weighted by Gasteiger charge is 2.14. The van der Waals surface area contributed by atoms with Crippen LogP contribution in [0.4, 0.5) is 5.82 Å². The molecule has 0 atom stereocenters. The van der Waals surface area contributed by atoms with E-state index >= 15 is 0 Å². The standard InChI is InChI=1S/C21H15ClN6O/c1-13-16(20(22)28(27-13)14-7-3-2-4-8-14)11-25-26-21-19-18(23-12-24-21)15-9-5-6-10-17(15)29-19/h2-12H,1H3,(H,23,24,26)/b25-11-. The molecule has 0 unspecified atom stereocenters. The highest BCUT2D eigenvalue weighted by molar-refractivity contribution is 6.32. The van der Waals surface area contributed by atoms with E-state index in [2.05, 4.69) is 25.6 Å². The molecule has 0 bridgehead atoms. The Bertz CT molecular complexity index is 1360. The predicted molar refractivity (Wildman–Crippen MR) is 114 cm³/mol. The highest BCUT2D eigenvalue weighted by Crippen LogP contribution is 2.30. The second-order valence-electron chi connectivity index (χ2n) is 6.41. The van der Waals surface area contributed by atoms with Crippen LogP contribution in [0.2, 0.25) is 5.15 Å². The maximum atomic E-state index is 6.53. The fraction of sp³-hybridized carbons (Fsp3) is 0.0476. The van der Waals surface area contributed by atoms with Gasteiger partial charge in [-0.2, -0.15) is 10.2 Å². The number of hydrazone groups is 1. The molecule has 0 radical (unpaired) electrons. The summed E-state index contributed by atoms with van der Waals surface area (Å²) in [5.41, 5.74) is 7.33. The van der Waals surface area contributed by atoms with Gasteiger partial charge in [-0.05, 0) is 31.2 Å². The van der Waals surface area contributed by atoms with E-state index in [0.717, 1.165) is 33.4 Å². The zero-order valence-electron chi connectivity index (χ0n) is 15.4. The Labute approximate surface area is 170 Å². The van der Waals surface area contributed by atoms with Crippen molar-refractivity contribution in [3.8, 4) is 5.69 Å². The zero-order valence-corrected chi connectivity index (χ0v) is 16.1. The summed E-state index contributed by atoms with van der Waals surface area (Å²) in [7, 11) is 0. The number of fused-ring (bicyclic) bond motifs is 3. The second-order valence-corrected chi connectivity index (χ2v) is 6.76. The van der Waals surface area contributed by atoms with Crippen LogP contribution in [0, 0.1) is 6.92 Å². The van der Waals surface area contributed by atoms with Crippen LogP contribution in [0.25, 0.3) is 27.8 Å². The van der Waals surface area contributed by atoms with Gasteiger partial charge in [-0.25, -0.2) is 14.6 Å². The van der Waals surface area contributed by atoms with E-state index in [1.165, 1.54) is 6.33 Å². The van der Waals surface area contributed by atoms with Gasteiger partial charge < -0.3 is 4.42 Å². The summed E-state index contributed by atoms with van der Waals surface area (Å²) < 4.78 is 7.57. The van der Waals surface area contributed by atoms with Gasteiger partial charge in [0.2, 0.25) is 0 Å². The van der Waals surface area contributed by atoms with E-state index in [-0.39, 0.29) is 0 Å². The molecule has 0 aliphatic carbocycles. The number of para-hydroxylation sites is 2. The Kier molecular flexibility index (Phi) is 4.22. The van der Waals surface area contributed by atoms with Crippen LogP contribution in [0.3, 0.4) is 0 Å². The van der Waals surface area contributed by atoms with Gasteiger partial charge in [0.1, 0.15) is 22.6 Å². The topological polar surface area (TPSA) is 81.1 Å². The van der Waals surface area contributed by atoms with Crippen molar-refractivity contribution in [2.24, 2.45) is 5.10 Å². The number of anilines is 1. The van der Waals surface area contributed by atoms with Crippen LogP contribution in [-0.2, 0) is 0 Å². The first kappa shape index (κ1) is 17.4. The number of benzene rings is 2. The average molecular weight is 403 g/mol. The van der Waals surface area contributed by atoms with Gasteiger partial charge in [0.15, 0.2) is 11.4 Å². The summed E-state index contributed by atoms with van der Waals surface area (Å²) >= 11 is 6.53. The van der Waals surface area contributed by atoms with E-state index in [1.807, 2.05) is 61.5 Å². The smallest absolute Gasteiger partial charge is 0.197 e. The molecular formula is C21H15ClN6O. The summed E-state index contributed by atoms with van der Waals surface area (Å²) in [6.45, 7) is 1.88. The van der Waals surface area contributed by atoms with Crippen molar-refractivity contribution in [3.63, 3.8) is 0 Å². The molecule has 0 aliphatic heterocycles. The molecule has 2 aromatic carbocycles. The van der Waals surface area contributed by atoms with Crippen molar-refractivity contribution in [2.45, 2.75) is 6.92 Å². The third kappa shape index (κ3) is 3.01. The zero-order chi connectivity index (χ0) is 19.8. The van der Waals surface area contributed by atoms with Crippen molar-refractivity contribution in [2.75, 3.05) is 5.43 Å². The lowest BCUT2D eigenvalue weighted by Crippen LogP contribution is -1.96. The molecule has 0 aliphatic rings. The van der Waals surface area contributed by atoms with E-state index in [9.17, 15) is 0 Å². The quantitative estimate of drug-likeness (QED) is 0.339. The van der Waals surface area contributed by atoms with Crippen LogP contribution in [0.1, 0.15) is 11.3 Å². The summed E-state index contributed by atoms with van der Waals surface area (Å²) in [4.78, 5) is 8.58. The molecule has 3 heterocycles. The summed E-state index contributed by atoms with van der Waals surface area (Å²) in [5, 5.41) is 10.2. The lowest BCUT2D eigenvalue weighted by molar-refractivity contribution is 0.667. The largest absolute Gasteiger partial charge is 0.450 e. The van der Waals surface area contributed by atoms with E-state index in [4.69, 9.17) is 16.0 Å². The average Bonchev–Trinajstić information content (AvgIpc) is 3.27. The first-order chi connectivity index (χ1) is 14.2. The fourth-order valence-corrected chi connectivity index (χ4v) is 3.48. The number of nitrogens with one attached hydrogen (secondary N) is 1. The van der Waals surface area contributed by atoms with Crippen LogP contribution < -0.4 is 5.43 Å².